The van der Waals surface area contributed by atoms with E-state index in [4.69, 9.17) is 17.3 Å². The van der Waals surface area contributed by atoms with Gasteiger partial charge in [-0.3, -0.25) is 4.79 Å². The van der Waals surface area contributed by atoms with E-state index in [2.05, 4.69) is 4.90 Å². The number of hydrogen-bond donors (Lipinski definition) is 2. The zero-order chi connectivity index (χ0) is 14.0. The van der Waals surface area contributed by atoms with E-state index >= 15 is 0 Å². The lowest BCUT2D eigenvalue weighted by Gasteiger charge is -2.34. The van der Waals surface area contributed by atoms with Crippen molar-refractivity contribution in [2.75, 3.05) is 13.6 Å². The Morgan fingerprint density at radius 3 is 2.74 bits per heavy atom. The minimum Gasteiger partial charge on any atom is -0.393 e. The predicted octanol–water partition coefficient (Wildman–Crippen LogP) is 1.64. The average molecular weight is 283 g/mol. The number of nitrogens with two attached hydrogens (primary N) is 1. The summed E-state index contributed by atoms with van der Waals surface area (Å²) >= 11 is 6.15. The normalized spacial score (nSPS) is 22.3. The molecule has 1 aliphatic rings. The van der Waals surface area contributed by atoms with Crippen molar-refractivity contribution in [2.24, 2.45) is 11.7 Å². The molecule has 0 unspecified atom stereocenters. The number of hydrogen-bond acceptors (Lipinski definition) is 3. The summed E-state index contributed by atoms with van der Waals surface area (Å²) in [6.07, 6.45) is 1.66. The Kier molecular flexibility index (Phi) is 4.45. The van der Waals surface area contributed by atoms with Gasteiger partial charge in [-0.1, -0.05) is 17.7 Å². The van der Waals surface area contributed by atoms with E-state index in [0.717, 1.165) is 31.5 Å². The quantitative estimate of drug-likeness (QED) is 0.863. The molecule has 0 saturated heterocycles. The van der Waals surface area contributed by atoms with Crippen LogP contribution in [-0.4, -0.2) is 35.6 Å². The lowest BCUT2D eigenvalue weighted by molar-refractivity contribution is 0.0274. The maximum atomic E-state index is 11.0. The van der Waals surface area contributed by atoms with Crippen LogP contribution in [0.2, 0.25) is 5.02 Å². The Balaban J connectivity index is 1.93. The van der Waals surface area contributed by atoms with Crippen molar-refractivity contribution in [1.82, 2.24) is 4.90 Å². The summed E-state index contributed by atoms with van der Waals surface area (Å²) in [7, 11) is 2.03. The molecule has 0 bridgehead atoms. The summed E-state index contributed by atoms with van der Waals surface area (Å²) in [6.45, 7) is 1.68. The predicted molar refractivity (Wildman–Crippen MR) is 75.0 cm³/mol. The number of rotatable bonds is 5. The molecule has 3 N–H and O–H groups in total. The number of carbonyl (C=O) groups excluding carboxylic acids is 1. The molecule has 5 heteroatoms. The van der Waals surface area contributed by atoms with Crippen molar-refractivity contribution in [2.45, 2.75) is 25.5 Å². The molecule has 2 rings (SSSR count). The van der Waals surface area contributed by atoms with Crippen LogP contribution in [-0.2, 0) is 6.54 Å². The Hall–Kier alpha value is -1.10. The molecule has 0 heterocycles. The molecule has 1 aromatic rings. The van der Waals surface area contributed by atoms with Gasteiger partial charge in [0, 0.05) is 23.7 Å². The van der Waals surface area contributed by atoms with E-state index in [0.29, 0.717) is 16.5 Å². The van der Waals surface area contributed by atoms with Crippen molar-refractivity contribution < 1.29 is 9.90 Å². The van der Waals surface area contributed by atoms with Crippen LogP contribution >= 0.6 is 11.6 Å². The number of carbonyl (C=O) groups is 1. The van der Waals surface area contributed by atoms with Gasteiger partial charge in [0.15, 0.2) is 0 Å². The van der Waals surface area contributed by atoms with Crippen LogP contribution in [0.25, 0.3) is 0 Å². The largest absolute Gasteiger partial charge is 0.393 e. The van der Waals surface area contributed by atoms with E-state index in [1.165, 1.54) is 0 Å². The number of benzene rings is 1. The Labute approximate surface area is 118 Å². The second-order valence-electron chi connectivity index (χ2n) is 5.36. The number of nitrogens with zero attached hydrogens (tertiary/aromatic N) is 1. The zero-order valence-corrected chi connectivity index (χ0v) is 11.7. The van der Waals surface area contributed by atoms with Crippen LogP contribution < -0.4 is 5.73 Å². The number of halogens is 1. The Morgan fingerprint density at radius 1 is 1.53 bits per heavy atom. The van der Waals surface area contributed by atoms with E-state index in [9.17, 15) is 9.90 Å². The summed E-state index contributed by atoms with van der Waals surface area (Å²) in [5, 5.41) is 9.83. The summed E-state index contributed by atoms with van der Waals surface area (Å²) in [5.41, 5.74) is 6.62. The average Bonchev–Trinajstić information content (AvgIpc) is 2.29. The van der Waals surface area contributed by atoms with Crippen LogP contribution in [0, 0.1) is 5.92 Å². The lowest BCUT2D eigenvalue weighted by atomic mass is 9.82. The second-order valence-corrected chi connectivity index (χ2v) is 5.77. The highest BCUT2D eigenvalue weighted by Gasteiger charge is 2.27. The zero-order valence-electron chi connectivity index (χ0n) is 11.0. The smallest absolute Gasteiger partial charge is 0.248 e. The van der Waals surface area contributed by atoms with Crippen molar-refractivity contribution in [3.05, 3.63) is 34.3 Å². The first-order valence-corrected chi connectivity index (χ1v) is 6.78. The highest BCUT2D eigenvalue weighted by Crippen LogP contribution is 2.28. The van der Waals surface area contributed by atoms with Crippen LogP contribution in [0.1, 0.15) is 28.8 Å². The van der Waals surface area contributed by atoms with Gasteiger partial charge in [-0.15, -0.1) is 0 Å². The number of aliphatic hydroxyl groups is 1. The van der Waals surface area contributed by atoms with Gasteiger partial charge in [0.1, 0.15) is 0 Å². The molecule has 1 saturated carbocycles. The van der Waals surface area contributed by atoms with Gasteiger partial charge in [-0.05, 0) is 43.5 Å². The second kappa shape index (κ2) is 5.90. The van der Waals surface area contributed by atoms with Gasteiger partial charge < -0.3 is 15.7 Å². The fraction of sp³-hybridized carbons (Fsp3) is 0.500. The van der Waals surface area contributed by atoms with Gasteiger partial charge in [0.05, 0.1) is 6.10 Å². The molecule has 104 valence electrons. The minimum atomic E-state index is -0.467. The third-order valence-electron chi connectivity index (χ3n) is 3.56. The fourth-order valence-corrected chi connectivity index (χ4v) is 2.71. The number of amides is 1. The molecule has 1 amide bonds. The summed E-state index contributed by atoms with van der Waals surface area (Å²) in [5.74, 6) is 0.105. The molecule has 0 atom stereocenters. The van der Waals surface area contributed by atoms with Crippen LogP contribution in [0.3, 0.4) is 0 Å². The molecule has 0 aliphatic heterocycles. The number of aliphatic hydroxyl groups excluding tert-OH is 1. The molecule has 1 fully saturated rings. The van der Waals surface area contributed by atoms with Gasteiger partial charge in [-0.25, -0.2) is 0 Å². The van der Waals surface area contributed by atoms with E-state index in [-0.39, 0.29) is 6.10 Å². The van der Waals surface area contributed by atoms with Crippen LogP contribution in [0.4, 0.5) is 0 Å². The fourth-order valence-electron chi connectivity index (χ4n) is 2.47. The first-order chi connectivity index (χ1) is 8.95. The van der Waals surface area contributed by atoms with Gasteiger partial charge in [0.2, 0.25) is 5.91 Å². The van der Waals surface area contributed by atoms with Crippen molar-refractivity contribution in [3.63, 3.8) is 0 Å². The molecule has 1 aromatic carbocycles. The van der Waals surface area contributed by atoms with E-state index < -0.39 is 5.91 Å². The maximum Gasteiger partial charge on any atom is 0.248 e. The first kappa shape index (κ1) is 14.3. The van der Waals surface area contributed by atoms with Crippen LogP contribution in [0.15, 0.2) is 18.2 Å². The highest BCUT2D eigenvalue weighted by atomic mass is 35.5. The Morgan fingerprint density at radius 2 is 2.21 bits per heavy atom. The van der Waals surface area contributed by atoms with Crippen molar-refractivity contribution in [1.29, 1.82) is 0 Å². The first-order valence-electron chi connectivity index (χ1n) is 6.40. The van der Waals surface area contributed by atoms with Gasteiger partial charge in [-0.2, -0.15) is 0 Å². The number of primary amides is 1. The highest BCUT2D eigenvalue weighted by molar-refractivity contribution is 6.31. The molecule has 19 heavy (non-hydrogen) atoms. The topological polar surface area (TPSA) is 66.6 Å². The van der Waals surface area contributed by atoms with Crippen molar-refractivity contribution in [3.8, 4) is 0 Å². The van der Waals surface area contributed by atoms with E-state index in [1.807, 2.05) is 13.1 Å². The van der Waals surface area contributed by atoms with Crippen LogP contribution in [0.5, 0.6) is 0 Å². The summed E-state index contributed by atoms with van der Waals surface area (Å²) in [6, 6.07) is 5.15. The molecule has 0 aromatic heterocycles. The SMILES string of the molecule is CN(Cc1ccc(C(N)=O)cc1Cl)CC1CC(O)C1. The summed E-state index contributed by atoms with van der Waals surface area (Å²) in [4.78, 5) is 13.2. The van der Waals surface area contributed by atoms with Gasteiger partial charge in [0.25, 0.3) is 0 Å². The van der Waals surface area contributed by atoms with E-state index in [1.54, 1.807) is 12.1 Å². The molecular weight excluding hydrogens is 264 g/mol. The summed E-state index contributed by atoms with van der Waals surface area (Å²) < 4.78 is 0. The molecular formula is C14H19ClN2O2. The standard InChI is InChI=1S/C14H19ClN2O2/c1-17(7-9-4-12(18)5-9)8-11-3-2-10(14(16)19)6-13(11)15/h2-3,6,9,12,18H,4-5,7-8H2,1H3,(H2,16,19). The minimum absolute atomic E-state index is 0.114. The third-order valence-corrected chi connectivity index (χ3v) is 3.91. The lowest BCUT2D eigenvalue weighted by Crippen LogP contribution is -2.36. The molecule has 1 aliphatic carbocycles. The van der Waals surface area contributed by atoms with Crippen molar-refractivity contribution >= 4 is 17.5 Å². The molecule has 0 radical (unpaired) electrons. The maximum absolute atomic E-state index is 11.0. The molecule has 4 nitrogen and oxygen atoms in total. The third kappa shape index (κ3) is 3.69. The monoisotopic (exact) mass is 282 g/mol. The molecule has 0 spiro atoms. The van der Waals surface area contributed by atoms with Gasteiger partial charge >= 0.3 is 0 Å². The Bertz CT molecular complexity index is 473.